The lowest BCUT2D eigenvalue weighted by molar-refractivity contribution is -0.384. The lowest BCUT2D eigenvalue weighted by atomic mass is 10.1. The number of nitrogens with one attached hydrogen (secondary N) is 1. The third-order valence-electron chi connectivity index (χ3n) is 2.82. The number of hydrogen-bond donors (Lipinski definition) is 1. The molecule has 2 rings (SSSR count). The second-order valence-corrected chi connectivity index (χ2v) is 5.24. The average molecular weight is 397 g/mol. The van der Waals surface area contributed by atoms with Crippen LogP contribution >= 0.6 is 15.9 Å². The van der Waals surface area contributed by atoms with Crippen LogP contribution in [0.2, 0.25) is 0 Å². The molecule has 0 amide bonds. The van der Waals surface area contributed by atoms with E-state index in [1.165, 1.54) is 6.07 Å². The van der Waals surface area contributed by atoms with E-state index in [1.807, 2.05) is 5.32 Å². The Labute approximate surface area is 134 Å². The second kappa shape index (κ2) is 6.11. The first kappa shape index (κ1) is 17.1. The number of anilines is 2. The van der Waals surface area contributed by atoms with Gasteiger partial charge in [0.25, 0.3) is 5.69 Å². The number of halogens is 6. The number of nitro benzene ring substituents is 1. The topological polar surface area (TPSA) is 55.2 Å². The highest BCUT2D eigenvalue weighted by Gasteiger charge is 2.34. The molecule has 122 valence electrons. The standard InChI is InChI=1S/C13H6BrF5N2O2/c14-6-1-3-9(7(5-6)13(17,18)19)20-12-10(21(22)23)4-2-8(15)11(12)16/h1-5,20H. The summed E-state index contributed by atoms with van der Waals surface area (Å²) in [5, 5.41) is 12.8. The SMILES string of the molecule is O=[N+]([O-])c1ccc(F)c(F)c1Nc1ccc(Br)cc1C(F)(F)F. The molecule has 0 heterocycles. The molecule has 2 aromatic carbocycles. The Balaban J connectivity index is 2.61. The number of hydrogen-bond acceptors (Lipinski definition) is 3. The minimum absolute atomic E-state index is 0.101. The van der Waals surface area contributed by atoms with E-state index < -0.39 is 45.4 Å². The van der Waals surface area contributed by atoms with E-state index in [9.17, 15) is 32.1 Å². The van der Waals surface area contributed by atoms with Gasteiger partial charge in [-0.2, -0.15) is 13.2 Å². The maximum atomic E-state index is 13.8. The van der Waals surface area contributed by atoms with Crippen molar-refractivity contribution in [1.29, 1.82) is 0 Å². The fourth-order valence-corrected chi connectivity index (χ4v) is 2.17. The lowest BCUT2D eigenvalue weighted by Gasteiger charge is -2.15. The van der Waals surface area contributed by atoms with Gasteiger partial charge in [0.2, 0.25) is 0 Å². The Kier molecular flexibility index (Phi) is 4.55. The van der Waals surface area contributed by atoms with Crippen LogP contribution in [0.15, 0.2) is 34.8 Å². The van der Waals surface area contributed by atoms with Crippen LogP contribution in [0.5, 0.6) is 0 Å². The zero-order valence-corrected chi connectivity index (χ0v) is 12.5. The molecule has 0 aliphatic heterocycles. The van der Waals surface area contributed by atoms with Crippen molar-refractivity contribution in [3.8, 4) is 0 Å². The molecule has 4 nitrogen and oxygen atoms in total. The van der Waals surface area contributed by atoms with Gasteiger partial charge in [0.15, 0.2) is 17.3 Å². The van der Waals surface area contributed by atoms with E-state index in [0.29, 0.717) is 18.2 Å². The van der Waals surface area contributed by atoms with E-state index in [2.05, 4.69) is 15.9 Å². The third-order valence-corrected chi connectivity index (χ3v) is 3.31. The maximum absolute atomic E-state index is 13.8. The Morgan fingerprint density at radius 3 is 2.35 bits per heavy atom. The van der Waals surface area contributed by atoms with Gasteiger partial charge in [0.1, 0.15) is 0 Å². The van der Waals surface area contributed by atoms with Crippen molar-refractivity contribution in [2.45, 2.75) is 6.18 Å². The van der Waals surface area contributed by atoms with E-state index in [0.717, 1.165) is 6.07 Å². The molecule has 0 aromatic heterocycles. The highest BCUT2D eigenvalue weighted by Crippen LogP contribution is 2.40. The quantitative estimate of drug-likeness (QED) is 0.429. The first-order chi connectivity index (χ1) is 10.6. The predicted molar refractivity (Wildman–Crippen MR) is 75.4 cm³/mol. The van der Waals surface area contributed by atoms with Crippen LogP contribution in [0.1, 0.15) is 5.56 Å². The van der Waals surface area contributed by atoms with Crippen LogP contribution < -0.4 is 5.32 Å². The zero-order valence-electron chi connectivity index (χ0n) is 10.9. The van der Waals surface area contributed by atoms with Gasteiger partial charge in [-0.1, -0.05) is 15.9 Å². The lowest BCUT2D eigenvalue weighted by Crippen LogP contribution is -2.10. The fraction of sp³-hybridized carbons (Fsp3) is 0.0769. The summed E-state index contributed by atoms with van der Waals surface area (Å²) in [5.41, 5.74) is -3.71. The molecule has 23 heavy (non-hydrogen) atoms. The third kappa shape index (κ3) is 3.58. The minimum atomic E-state index is -4.80. The highest BCUT2D eigenvalue weighted by molar-refractivity contribution is 9.10. The Bertz CT molecular complexity index is 780. The average Bonchev–Trinajstić information content (AvgIpc) is 2.44. The molecule has 0 bridgehead atoms. The van der Waals surface area contributed by atoms with Crippen molar-refractivity contribution in [3.63, 3.8) is 0 Å². The smallest absolute Gasteiger partial charge is 0.347 e. The first-order valence-corrected chi connectivity index (χ1v) is 6.66. The van der Waals surface area contributed by atoms with Crippen molar-refractivity contribution >= 4 is 33.0 Å². The zero-order chi connectivity index (χ0) is 17.4. The van der Waals surface area contributed by atoms with Crippen LogP contribution in [0.25, 0.3) is 0 Å². The van der Waals surface area contributed by atoms with Gasteiger partial charge in [-0.05, 0) is 24.3 Å². The molecule has 0 aliphatic rings. The molecule has 0 spiro atoms. The van der Waals surface area contributed by atoms with Crippen LogP contribution in [0.3, 0.4) is 0 Å². The van der Waals surface area contributed by atoms with E-state index in [-0.39, 0.29) is 4.47 Å². The molecule has 2 aromatic rings. The Hall–Kier alpha value is -2.23. The van der Waals surface area contributed by atoms with Crippen LogP contribution in [-0.2, 0) is 6.18 Å². The summed E-state index contributed by atoms with van der Waals surface area (Å²) in [6, 6.07) is 4.06. The molecular formula is C13H6BrF5N2O2. The summed E-state index contributed by atoms with van der Waals surface area (Å²) in [4.78, 5) is 9.83. The predicted octanol–water partition coefficient (Wildman–Crippen LogP) is 5.40. The number of nitro groups is 1. The van der Waals surface area contributed by atoms with Crippen molar-refractivity contribution in [2.75, 3.05) is 5.32 Å². The summed E-state index contributed by atoms with van der Waals surface area (Å²) >= 11 is 2.87. The van der Waals surface area contributed by atoms with Crippen molar-refractivity contribution < 1.29 is 26.9 Å². The van der Waals surface area contributed by atoms with Crippen LogP contribution in [0, 0.1) is 21.7 Å². The first-order valence-electron chi connectivity index (χ1n) is 5.87. The van der Waals surface area contributed by atoms with E-state index in [4.69, 9.17) is 0 Å². The molecule has 0 saturated carbocycles. The van der Waals surface area contributed by atoms with Gasteiger partial charge < -0.3 is 5.32 Å². The second-order valence-electron chi connectivity index (χ2n) is 4.33. The number of rotatable bonds is 3. The minimum Gasteiger partial charge on any atom is -0.347 e. The van der Waals surface area contributed by atoms with Crippen molar-refractivity contribution in [2.24, 2.45) is 0 Å². The summed E-state index contributed by atoms with van der Waals surface area (Å²) in [5.74, 6) is -3.07. The van der Waals surface area contributed by atoms with Gasteiger partial charge >= 0.3 is 6.18 Å². The molecule has 10 heteroatoms. The summed E-state index contributed by atoms with van der Waals surface area (Å²) in [6.45, 7) is 0. The summed E-state index contributed by atoms with van der Waals surface area (Å²) in [6.07, 6.45) is -4.80. The fourth-order valence-electron chi connectivity index (χ4n) is 1.81. The molecule has 0 saturated heterocycles. The molecular weight excluding hydrogens is 391 g/mol. The van der Waals surface area contributed by atoms with Gasteiger partial charge in [0.05, 0.1) is 16.2 Å². The summed E-state index contributed by atoms with van der Waals surface area (Å²) < 4.78 is 66.2. The monoisotopic (exact) mass is 396 g/mol. The molecule has 0 radical (unpaired) electrons. The number of alkyl halides is 3. The highest BCUT2D eigenvalue weighted by atomic mass is 79.9. The Morgan fingerprint density at radius 1 is 1.13 bits per heavy atom. The van der Waals surface area contributed by atoms with Crippen molar-refractivity contribution in [3.05, 3.63) is 62.1 Å². The number of nitrogens with zero attached hydrogens (tertiary/aromatic N) is 1. The van der Waals surface area contributed by atoms with Crippen molar-refractivity contribution in [1.82, 2.24) is 0 Å². The molecule has 0 unspecified atom stereocenters. The molecule has 0 atom stereocenters. The van der Waals surface area contributed by atoms with Gasteiger partial charge in [-0.3, -0.25) is 10.1 Å². The van der Waals surface area contributed by atoms with Gasteiger partial charge in [0, 0.05) is 10.5 Å². The van der Waals surface area contributed by atoms with Crippen LogP contribution in [-0.4, -0.2) is 4.92 Å². The van der Waals surface area contributed by atoms with E-state index >= 15 is 0 Å². The van der Waals surface area contributed by atoms with Crippen LogP contribution in [0.4, 0.5) is 39.0 Å². The maximum Gasteiger partial charge on any atom is 0.418 e. The Morgan fingerprint density at radius 2 is 1.78 bits per heavy atom. The largest absolute Gasteiger partial charge is 0.418 e. The van der Waals surface area contributed by atoms with E-state index in [1.54, 1.807) is 0 Å². The molecule has 0 fully saturated rings. The van der Waals surface area contributed by atoms with Gasteiger partial charge in [-0.15, -0.1) is 0 Å². The number of benzene rings is 2. The summed E-state index contributed by atoms with van der Waals surface area (Å²) in [7, 11) is 0. The molecule has 1 N–H and O–H groups in total. The van der Waals surface area contributed by atoms with Gasteiger partial charge in [-0.25, -0.2) is 8.78 Å². The molecule has 0 aliphatic carbocycles. The normalized spacial score (nSPS) is 11.4.